The van der Waals surface area contributed by atoms with Crippen molar-refractivity contribution in [3.8, 4) is 5.75 Å². The largest absolute Gasteiger partial charge is 0.508 e. The van der Waals surface area contributed by atoms with Crippen molar-refractivity contribution in [2.45, 2.75) is 32.7 Å². The molecular weight excluding hydrogens is 220 g/mol. The van der Waals surface area contributed by atoms with Crippen molar-refractivity contribution in [3.63, 3.8) is 0 Å². The Morgan fingerprint density at radius 2 is 2.06 bits per heavy atom. The highest BCUT2D eigenvalue weighted by Crippen LogP contribution is 2.30. The van der Waals surface area contributed by atoms with Crippen LogP contribution in [0.4, 0.5) is 5.69 Å². The van der Waals surface area contributed by atoms with E-state index in [1.54, 1.807) is 0 Å². The first-order valence-corrected chi connectivity index (χ1v) is 5.64. The predicted octanol–water partition coefficient (Wildman–Crippen LogP) is 2.74. The summed E-state index contributed by atoms with van der Waals surface area (Å²) in [5.74, 6) is 0.503. The van der Waals surface area contributed by atoms with Crippen LogP contribution >= 0.6 is 0 Å². The molecular formula is C12H18N2O3. The summed E-state index contributed by atoms with van der Waals surface area (Å²) in [6, 6.07) is 3.56. The van der Waals surface area contributed by atoms with Crippen molar-refractivity contribution < 1.29 is 10.0 Å². The van der Waals surface area contributed by atoms with E-state index in [1.165, 1.54) is 18.2 Å². The Morgan fingerprint density at radius 1 is 1.41 bits per heavy atom. The second-order valence-electron chi connectivity index (χ2n) is 4.58. The number of phenols is 1. The molecule has 1 aromatic carbocycles. The molecule has 0 radical (unpaired) electrons. The number of phenolic OH excluding ortho intramolecular Hbond substituents is 1. The molecule has 0 fully saturated rings. The zero-order chi connectivity index (χ0) is 13.0. The van der Waals surface area contributed by atoms with Gasteiger partial charge in [0, 0.05) is 12.1 Å². The van der Waals surface area contributed by atoms with Crippen LogP contribution in [0.1, 0.15) is 38.3 Å². The molecule has 0 amide bonds. The van der Waals surface area contributed by atoms with Gasteiger partial charge in [0.15, 0.2) is 0 Å². The van der Waals surface area contributed by atoms with E-state index in [-0.39, 0.29) is 11.4 Å². The Balaban J connectivity index is 2.94. The van der Waals surface area contributed by atoms with Crippen LogP contribution in [0.5, 0.6) is 5.75 Å². The minimum absolute atomic E-state index is 0.00518. The molecule has 94 valence electrons. The topological polar surface area (TPSA) is 89.4 Å². The summed E-state index contributed by atoms with van der Waals surface area (Å²) in [6.07, 6.45) is 1.57. The van der Waals surface area contributed by atoms with Gasteiger partial charge in [-0.3, -0.25) is 10.1 Å². The van der Waals surface area contributed by atoms with Gasteiger partial charge in [0.2, 0.25) is 0 Å². The molecule has 0 aliphatic rings. The van der Waals surface area contributed by atoms with E-state index < -0.39 is 11.0 Å². The molecule has 1 atom stereocenters. The number of nitro groups is 1. The average molecular weight is 238 g/mol. The Hall–Kier alpha value is -1.62. The third kappa shape index (κ3) is 3.71. The van der Waals surface area contributed by atoms with Crippen LogP contribution in [0.2, 0.25) is 0 Å². The molecule has 5 heteroatoms. The Labute approximate surface area is 100 Å². The monoisotopic (exact) mass is 238 g/mol. The van der Waals surface area contributed by atoms with Crippen LogP contribution < -0.4 is 5.73 Å². The first-order chi connectivity index (χ1) is 7.91. The number of hydrogen-bond donors (Lipinski definition) is 2. The first-order valence-electron chi connectivity index (χ1n) is 5.64. The smallest absolute Gasteiger partial charge is 0.274 e. The van der Waals surface area contributed by atoms with Crippen LogP contribution in [0.15, 0.2) is 18.2 Å². The average Bonchev–Trinajstić information content (AvgIpc) is 2.25. The van der Waals surface area contributed by atoms with E-state index in [9.17, 15) is 15.2 Å². The zero-order valence-corrected chi connectivity index (χ0v) is 10.1. The maximum absolute atomic E-state index is 10.8. The number of nitrogens with two attached hydrogens (primary N) is 1. The highest BCUT2D eigenvalue weighted by molar-refractivity contribution is 5.46. The third-order valence-corrected chi connectivity index (χ3v) is 2.66. The number of aromatic hydroxyl groups is 1. The van der Waals surface area contributed by atoms with Crippen molar-refractivity contribution in [1.82, 2.24) is 0 Å². The minimum atomic E-state index is -0.468. The van der Waals surface area contributed by atoms with Crippen molar-refractivity contribution >= 4 is 5.69 Å². The highest BCUT2D eigenvalue weighted by atomic mass is 16.6. The number of rotatable bonds is 5. The summed E-state index contributed by atoms with van der Waals surface area (Å²) in [5.41, 5.74) is 6.31. The summed E-state index contributed by atoms with van der Waals surface area (Å²) < 4.78 is 0. The van der Waals surface area contributed by atoms with Gasteiger partial charge in [-0.25, -0.2) is 0 Å². The number of benzene rings is 1. The summed E-state index contributed by atoms with van der Waals surface area (Å²) in [5, 5.41) is 20.2. The molecule has 0 saturated carbocycles. The normalized spacial score (nSPS) is 12.7. The van der Waals surface area contributed by atoms with E-state index in [1.807, 2.05) is 0 Å². The van der Waals surface area contributed by atoms with Crippen LogP contribution in [0, 0.1) is 16.0 Å². The molecule has 1 rings (SSSR count). The summed E-state index contributed by atoms with van der Waals surface area (Å²) in [7, 11) is 0. The second-order valence-corrected chi connectivity index (χ2v) is 4.58. The van der Waals surface area contributed by atoms with Crippen LogP contribution in [0.25, 0.3) is 0 Å². The van der Waals surface area contributed by atoms with Gasteiger partial charge in [0.05, 0.1) is 10.5 Å². The number of hydrogen-bond acceptors (Lipinski definition) is 4. The third-order valence-electron chi connectivity index (χ3n) is 2.66. The summed E-state index contributed by atoms with van der Waals surface area (Å²) >= 11 is 0. The molecule has 3 N–H and O–H groups in total. The fraction of sp³-hybridized carbons (Fsp3) is 0.500. The lowest BCUT2D eigenvalue weighted by molar-refractivity contribution is -0.385. The SMILES string of the molecule is CC(C)CC[C@@H](N)c1cc(O)ccc1[N+](=O)[O-]. The van der Waals surface area contributed by atoms with E-state index >= 15 is 0 Å². The van der Waals surface area contributed by atoms with E-state index in [4.69, 9.17) is 5.73 Å². The molecule has 0 aliphatic heterocycles. The van der Waals surface area contributed by atoms with Gasteiger partial charge in [0.1, 0.15) is 5.75 Å². The van der Waals surface area contributed by atoms with Gasteiger partial charge in [-0.2, -0.15) is 0 Å². The molecule has 0 unspecified atom stereocenters. The lowest BCUT2D eigenvalue weighted by Crippen LogP contribution is -2.13. The van der Waals surface area contributed by atoms with Gasteiger partial charge in [-0.1, -0.05) is 13.8 Å². The van der Waals surface area contributed by atoms with E-state index in [0.717, 1.165) is 6.42 Å². The molecule has 0 aromatic heterocycles. The maximum atomic E-state index is 10.8. The zero-order valence-electron chi connectivity index (χ0n) is 10.1. The van der Waals surface area contributed by atoms with E-state index in [2.05, 4.69) is 13.8 Å². The van der Waals surface area contributed by atoms with Gasteiger partial charge in [-0.15, -0.1) is 0 Å². The van der Waals surface area contributed by atoms with Crippen LogP contribution in [-0.4, -0.2) is 10.0 Å². The quantitative estimate of drug-likeness (QED) is 0.609. The molecule has 1 aromatic rings. The standard InChI is InChI=1S/C12H18N2O3/c1-8(2)3-5-11(13)10-7-9(15)4-6-12(10)14(16)17/h4,6-8,11,15H,3,5,13H2,1-2H3/t11-/m1/s1. The molecule has 0 spiro atoms. The van der Waals surface area contributed by atoms with Gasteiger partial charge in [0.25, 0.3) is 5.69 Å². The molecule has 0 heterocycles. The van der Waals surface area contributed by atoms with Crippen molar-refractivity contribution in [2.75, 3.05) is 0 Å². The van der Waals surface area contributed by atoms with Gasteiger partial charge < -0.3 is 10.8 Å². The molecule has 0 saturated heterocycles. The highest BCUT2D eigenvalue weighted by Gasteiger charge is 2.19. The maximum Gasteiger partial charge on any atom is 0.274 e. The Bertz CT molecular complexity index is 405. The molecule has 5 nitrogen and oxygen atoms in total. The first kappa shape index (κ1) is 13.4. The molecule has 0 aliphatic carbocycles. The summed E-state index contributed by atoms with van der Waals surface area (Å²) in [4.78, 5) is 10.4. The fourth-order valence-electron chi connectivity index (χ4n) is 1.67. The lowest BCUT2D eigenvalue weighted by Gasteiger charge is -2.13. The second kappa shape index (κ2) is 5.63. The molecule has 17 heavy (non-hydrogen) atoms. The van der Waals surface area contributed by atoms with E-state index in [0.29, 0.717) is 17.9 Å². The van der Waals surface area contributed by atoms with Gasteiger partial charge >= 0.3 is 0 Å². The van der Waals surface area contributed by atoms with Crippen molar-refractivity contribution in [3.05, 3.63) is 33.9 Å². The Kier molecular flexibility index (Phi) is 4.45. The Morgan fingerprint density at radius 3 is 2.59 bits per heavy atom. The fourth-order valence-corrected chi connectivity index (χ4v) is 1.67. The van der Waals surface area contributed by atoms with Gasteiger partial charge in [-0.05, 0) is 30.9 Å². The number of nitrogens with zero attached hydrogens (tertiary/aromatic N) is 1. The van der Waals surface area contributed by atoms with Crippen molar-refractivity contribution in [2.24, 2.45) is 11.7 Å². The predicted molar refractivity (Wildman–Crippen MR) is 65.8 cm³/mol. The molecule has 0 bridgehead atoms. The number of nitro benzene ring substituents is 1. The van der Waals surface area contributed by atoms with Crippen LogP contribution in [-0.2, 0) is 0 Å². The summed E-state index contributed by atoms with van der Waals surface area (Å²) in [6.45, 7) is 4.15. The lowest BCUT2D eigenvalue weighted by atomic mass is 9.97. The minimum Gasteiger partial charge on any atom is -0.508 e. The van der Waals surface area contributed by atoms with Crippen LogP contribution in [0.3, 0.4) is 0 Å². The van der Waals surface area contributed by atoms with Crippen molar-refractivity contribution in [1.29, 1.82) is 0 Å².